The molecule has 2 aromatic heterocycles. The fourth-order valence-electron chi connectivity index (χ4n) is 3.71. The second-order valence-corrected chi connectivity index (χ2v) is 10.5. The van der Waals surface area contributed by atoms with E-state index in [-0.39, 0.29) is 4.90 Å². The summed E-state index contributed by atoms with van der Waals surface area (Å²) in [6.45, 7) is 0.524. The van der Waals surface area contributed by atoms with E-state index >= 15 is 0 Å². The summed E-state index contributed by atoms with van der Waals surface area (Å²) in [4.78, 5) is 25.4. The highest BCUT2D eigenvalue weighted by molar-refractivity contribution is 7.89. The summed E-state index contributed by atoms with van der Waals surface area (Å²) in [6, 6.07) is 11.6. The van der Waals surface area contributed by atoms with E-state index in [2.05, 4.69) is 5.32 Å². The van der Waals surface area contributed by atoms with Gasteiger partial charge in [0.05, 0.1) is 10.6 Å². The van der Waals surface area contributed by atoms with E-state index in [9.17, 15) is 18.0 Å². The third-order valence-electron chi connectivity index (χ3n) is 5.37. The molecule has 1 aromatic carbocycles. The van der Waals surface area contributed by atoms with Crippen molar-refractivity contribution in [3.05, 3.63) is 65.1 Å². The molecule has 0 saturated carbocycles. The van der Waals surface area contributed by atoms with E-state index in [1.165, 1.54) is 27.8 Å². The summed E-state index contributed by atoms with van der Waals surface area (Å²) in [6.07, 6.45) is 7.38. The quantitative estimate of drug-likeness (QED) is 0.510. The van der Waals surface area contributed by atoms with E-state index in [4.69, 9.17) is 4.74 Å². The zero-order valence-electron chi connectivity index (χ0n) is 18.0. The number of nitrogens with one attached hydrogen (secondary N) is 1. The molecule has 10 heteroatoms. The number of sulfonamides is 1. The van der Waals surface area contributed by atoms with Crippen LogP contribution in [0.1, 0.15) is 35.4 Å². The molecule has 33 heavy (non-hydrogen) atoms. The third kappa shape index (κ3) is 5.52. The predicted octanol–water partition coefficient (Wildman–Crippen LogP) is 3.90. The maximum atomic E-state index is 13.0. The van der Waals surface area contributed by atoms with Gasteiger partial charge < -0.3 is 14.6 Å². The number of carbonyl (C=O) groups excluding carboxylic acids is 2. The SMILES string of the molecule is O=C(COC(=O)c1sccc1-n1cccc1)Nc1cccc(S(=O)(=O)N2CCCCCC2)c1. The summed E-state index contributed by atoms with van der Waals surface area (Å²) >= 11 is 1.23. The van der Waals surface area contributed by atoms with E-state index in [1.807, 2.05) is 24.5 Å². The fourth-order valence-corrected chi connectivity index (χ4v) is 6.06. The highest BCUT2D eigenvalue weighted by atomic mass is 32.2. The maximum absolute atomic E-state index is 13.0. The summed E-state index contributed by atoms with van der Waals surface area (Å²) in [5.41, 5.74) is 1.01. The minimum Gasteiger partial charge on any atom is -0.451 e. The number of ether oxygens (including phenoxy) is 1. The molecule has 0 aliphatic carbocycles. The molecule has 0 radical (unpaired) electrons. The molecular formula is C23H25N3O5S2. The second kappa shape index (κ2) is 10.3. The van der Waals surface area contributed by atoms with Gasteiger partial charge in [0, 0.05) is 31.2 Å². The molecule has 1 fully saturated rings. The molecule has 3 aromatic rings. The predicted molar refractivity (Wildman–Crippen MR) is 126 cm³/mol. The van der Waals surface area contributed by atoms with Gasteiger partial charge in [0.25, 0.3) is 5.91 Å². The van der Waals surface area contributed by atoms with Crippen LogP contribution in [0.15, 0.2) is 65.1 Å². The normalized spacial score (nSPS) is 15.0. The molecule has 1 N–H and O–H groups in total. The number of anilines is 1. The van der Waals surface area contributed by atoms with Crippen LogP contribution >= 0.6 is 11.3 Å². The number of nitrogens with zero attached hydrogens (tertiary/aromatic N) is 2. The molecule has 1 aliphatic rings. The lowest BCUT2D eigenvalue weighted by atomic mass is 10.2. The van der Waals surface area contributed by atoms with Crippen LogP contribution in [0.25, 0.3) is 5.69 Å². The Morgan fingerprint density at radius 2 is 1.73 bits per heavy atom. The van der Waals surface area contributed by atoms with Gasteiger partial charge in [0.1, 0.15) is 4.88 Å². The van der Waals surface area contributed by atoms with E-state index in [0.29, 0.717) is 29.3 Å². The van der Waals surface area contributed by atoms with Crippen molar-refractivity contribution in [1.82, 2.24) is 8.87 Å². The number of benzene rings is 1. The van der Waals surface area contributed by atoms with Crippen LogP contribution in [0.5, 0.6) is 0 Å². The monoisotopic (exact) mass is 487 g/mol. The van der Waals surface area contributed by atoms with Crippen molar-refractivity contribution in [3.63, 3.8) is 0 Å². The van der Waals surface area contributed by atoms with Crippen molar-refractivity contribution in [2.45, 2.75) is 30.6 Å². The highest BCUT2D eigenvalue weighted by Gasteiger charge is 2.25. The standard InChI is InChI=1S/C23H25N3O5S2/c27-21(17-31-23(28)22-20(10-15-32-22)25-11-5-6-12-25)24-18-8-7-9-19(16-18)33(29,30)26-13-3-1-2-4-14-26/h5-12,15-16H,1-4,13-14,17H2,(H,24,27). The van der Waals surface area contributed by atoms with Crippen LogP contribution in [-0.2, 0) is 19.6 Å². The first-order valence-corrected chi connectivity index (χ1v) is 13.1. The molecule has 174 valence electrons. The lowest BCUT2D eigenvalue weighted by molar-refractivity contribution is -0.119. The molecular weight excluding hydrogens is 462 g/mol. The largest absolute Gasteiger partial charge is 0.451 e. The molecule has 8 nitrogen and oxygen atoms in total. The van der Waals surface area contributed by atoms with Gasteiger partial charge in [0.15, 0.2) is 6.61 Å². The minimum absolute atomic E-state index is 0.133. The lowest BCUT2D eigenvalue weighted by Crippen LogP contribution is -2.32. The average molecular weight is 488 g/mol. The van der Waals surface area contributed by atoms with Gasteiger partial charge in [-0.25, -0.2) is 13.2 Å². The summed E-state index contributed by atoms with van der Waals surface area (Å²) in [7, 11) is -3.63. The number of thiophene rings is 1. The Morgan fingerprint density at radius 3 is 2.45 bits per heavy atom. The van der Waals surface area contributed by atoms with Gasteiger partial charge in [0.2, 0.25) is 10.0 Å². The molecule has 1 amide bonds. The Hall–Kier alpha value is -2.95. The van der Waals surface area contributed by atoms with Crippen LogP contribution < -0.4 is 5.32 Å². The molecule has 0 atom stereocenters. The summed E-state index contributed by atoms with van der Waals surface area (Å²) < 4.78 is 34.5. The molecule has 0 spiro atoms. The fraction of sp³-hybridized carbons (Fsp3) is 0.304. The smallest absolute Gasteiger partial charge is 0.350 e. The van der Waals surface area contributed by atoms with Crippen LogP contribution in [0.3, 0.4) is 0 Å². The zero-order chi connectivity index (χ0) is 23.3. The Labute approximate surface area is 196 Å². The van der Waals surface area contributed by atoms with E-state index in [1.54, 1.807) is 28.1 Å². The average Bonchev–Trinajstić information content (AvgIpc) is 3.44. The van der Waals surface area contributed by atoms with Crippen LogP contribution in [0, 0.1) is 0 Å². The van der Waals surface area contributed by atoms with Crippen molar-refractivity contribution < 1.29 is 22.7 Å². The topological polar surface area (TPSA) is 97.7 Å². The maximum Gasteiger partial charge on any atom is 0.350 e. The van der Waals surface area contributed by atoms with Crippen LogP contribution in [0.4, 0.5) is 5.69 Å². The van der Waals surface area contributed by atoms with Gasteiger partial charge in [-0.1, -0.05) is 18.9 Å². The molecule has 4 rings (SSSR count). The van der Waals surface area contributed by atoms with E-state index < -0.39 is 28.5 Å². The van der Waals surface area contributed by atoms with Gasteiger partial charge >= 0.3 is 5.97 Å². The molecule has 1 aliphatic heterocycles. The molecule has 0 bridgehead atoms. The Kier molecular flexibility index (Phi) is 7.26. The lowest BCUT2D eigenvalue weighted by Gasteiger charge is -2.20. The van der Waals surface area contributed by atoms with Crippen molar-refractivity contribution >= 4 is 38.9 Å². The zero-order valence-corrected chi connectivity index (χ0v) is 19.6. The van der Waals surface area contributed by atoms with E-state index in [0.717, 1.165) is 25.7 Å². The van der Waals surface area contributed by atoms with Crippen molar-refractivity contribution in [2.75, 3.05) is 25.0 Å². The Balaban J connectivity index is 1.38. The van der Waals surface area contributed by atoms with Crippen LogP contribution in [0.2, 0.25) is 0 Å². The number of aromatic nitrogens is 1. The minimum atomic E-state index is -3.63. The molecule has 0 unspecified atom stereocenters. The first-order valence-electron chi connectivity index (χ1n) is 10.7. The van der Waals surface area contributed by atoms with Gasteiger partial charge in [-0.3, -0.25) is 4.79 Å². The van der Waals surface area contributed by atoms with Crippen molar-refractivity contribution in [3.8, 4) is 5.69 Å². The molecule has 3 heterocycles. The van der Waals surface area contributed by atoms with Crippen molar-refractivity contribution in [1.29, 1.82) is 0 Å². The summed E-state index contributed by atoms with van der Waals surface area (Å²) in [5.74, 6) is -1.15. The van der Waals surface area contributed by atoms with Crippen LogP contribution in [-0.4, -0.2) is 48.9 Å². The summed E-state index contributed by atoms with van der Waals surface area (Å²) in [5, 5.41) is 4.39. The molecule has 1 saturated heterocycles. The van der Waals surface area contributed by atoms with Gasteiger partial charge in [-0.2, -0.15) is 4.31 Å². The second-order valence-electron chi connectivity index (χ2n) is 7.70. The number of rotatable bonds is 7. The van der Waals surface area contributed by atoms with Crippen molar-refractivity contribution in [2.24, 2.45) is 0 Å². The first kappa shape index (κ1) is 23.2. The number of hydrogen-bond acceptors (Lipinski definition) is 6. The van der Waals surface area contributed by atoms with Gasteiger partial charge in [-0.15, -0.1) is 11.3 Å². The number of amides is 1. The number of hydrogen-bond donors (Lipinski definition) is 1. The Bertz CT molecular complexity index is 1210. The number of carbonyl (C=O) groups is 2. The first-order chi connectivity index (χ1) is 15.9. The highest BCUT2D eigenvalue weighted by Crippen LogP contribution is 2.24. The number of esters is 1. The Morgan fingerprint density at radius 1 is 1.00 bits per heavy atom. The third-order valence-corrected chi connectivity index (χ3v) is 8.15. The van der Waals surface area contributed by atoms with Gasteiger partial charge in [-0.05, 0) is 54.6 Å².